The first-order valence-corrected chi connectivity index (χ1v) is 12.1. The number of morpholine rings is 1. The highest BCUT2D eigenvalue weighted by molar-refractivity contribution is 6.03. The fourth-order valence-corrected chi connectivity index (χ4v) is 5.54. The summed E-state index contributed by atoms with van der Waals surface area (Å²) in [6, 6.07) is 10.3. The first-order chi connectivity index (χ1) is 15.6. The Balaban J connectivity index is 1.41. The standard InChI is InChI=1S/C25H34N4O3/c1-25(24(31)26-20-8-3-4-9-20)18-28-21-10-5-2-7-19(21)17-22(28)23(30)29(25)12-6-11-27-13-15-32-16-14-27/h2,5,7,10,17,20H,3-4,6,8-9,11-16,18H2,1H3,(H,26,31). The molecule has 3 aliphatic rings. The van der Waals surface area contributed by atoms with E-state index < -0.39 is 5.54 Å². The summed E-state index contributed by atoms with van der Waals surface area (Å²) in [7, 11) is 0. The lowest BCUT2D eigenvalue weighted by atomic mass is 9.93. The van der Waals surface area contributed by atoms with E-state index in [0.717, 1.165) is 75.9 Å². The number of nitrogens with zero attached hydrogens (tertiary/aromatic N) is 3. The number of hydrogen-bond donors (Lipinski definition) is 1. The quantitative estimate of drug-likeness (QED) is 0.753. The topological polar surface area (TPSA) is 66.8 Å². The van der Waals surface area contributed by atoms with Crippen LogP contribution in [0.25, 0.3) is 10.9 Å². The molecule has 2 amide bonds. The monoisotopic (exact) mass is 438 g/mol. The Kier molecular flexibility index (Phi) is 5.95. The van der Waals surface area contributed by atoms with Crippen molar-refractivity contribution in [2.45, 2.75) is 57.2 Å². The van der Waals surface area contributed by atoms with E-state index in [4.69, 9.17) is 4.74 Å². The number of ether oxygens (including phenoxy) is 1. The molecule has 2 fully saturated rings. The Morgan fingerprint density at radius 3 is 2.69 bits per heavy atom. The maximum Gasteiger partial charge on any atom is 0.271 e. The summed E-state index contributed by atoms with van der Waals surface area (Å²) in [6.07, 6.45) is 5.24. The summed E-state index contributed by atoms with van der Waals surface area (Å²) in [5.74, 6) is -0.0638. The number of aromatic nitrogens is 1. The summed E-state index contributed by atoms with van der Waals surface area (Å²) < 4.78 is 7.49. The van der Waals surface area contributed by atoms with Gasteiger partial charge in [-0.05, 0) is 38.3 Å². The second-order valence-corrected chi connectivity index (χ2v) is 9.67. The SMILES string of the molecule is CC1(C(=O)NC2CCCC2)Cn2c(cc3ccccc32)C(=O)N1CCCN1CCOCC1. The lowest BCUT2D eigenvalue weighted by Crippen LogP contribution is -2.65. The van der Waals surface area contributed by atoms with Crippen molar-refractivity contribution in [1.82, 2.24) is 19.7 Å². The number of para-hydroxylation sites is 1. The maximum atomic E-state index is 13.7. The van der Waals surface area contributed by atoms with Crippen LogP contribution in [0, 0.1) is 0 Å². The van der Waals surface area contributed by atoms with Crippen LogP contribution in [0.15, 0.2) is 30.3 Å². The molecule has 7 nitrogen and oxygen atoms in total. The fourth-order valence-electron chi connectivity index (χ4n) is 5.54. The van der Waals surface area contributed by atoms with Gasteiger partial charge in [-0.15, -0.1) is 0 Å². The third kappa shape index (κ3) is 3.92. The second kappa shape index (κ2) is 8.87. The lowest BCUT2D eigenvalue weighted by Gasteiger charge is -2.44. The van der Waals surface area contributed by atoms with Gasteiger partial charge in [0, 0.05) is 43.1 Å². The van der Waals surface area contributed by atoms with Crippen LogP contribution in [0.4, 0.5) is 0 Å². The van der Waals surface area contributed by atoms with Crippen LogP contribution < -0.4 is 5.32 Å². The molecule has 0 spiro atoms. The van der Waals surface area contributed by atoms with Crippen molar-refractivity contribution in [1.29, 1.82) is 0 Å². The molecule has 172 valence electrons. The predicted molar refractivity (Wildman–Crippen MR) is 124 cm³/mol. The molecule has 2 aliphatic heterocycles. The van der Waals surface area contributed by atoms with Crippen molar-refractivity contribution in [3.63, 3.8) is 0 Å². The number of hydrogen-bond acceptors (Lipinski definition) is 4. The molecule has 0 radical (unpaired) electrons. The van der Waals surface area contributed by atoms with Gasteiger partial charge in [0.15, 0.2) is 0 Å². The second-order valence-electron chi connectivity index (χ2n) is 9.67. The Labute approximate surface area is 189 Å². The highest BCUT2D eigenvalue weighted by Crippen LogP contribution is 2.33. The van der Waals surface area contributed by atoms with Crippen molar-refractivity contribution in [2.75, 3.05) is 39.4 Å². The van der Waals surface area contributed by atoms with Gasteiger partial charge < -0.3 is 19.5 Å². The molecule has 0 bridgehead atoms. The first kappa shape index (κ1) is 21.5. The number of nitrogens with one attached hydrogen (secondary N) is 1. The zero-order valence-electron chi connectivity index (χ0n) is 19.0. The summed E-state index contributed by atoms with van der Waals surface area (Å²) >= 11 is 0. The Bertz CT molecular complexity index is 990. The van der Waals surface area contributed by atoms with Crippen LogP contribution in [0.3, 0.4) is 0 Å². The van der Waals surface area contributed by atoms with Crippen LogP contribution in [0.1, 0.15) is 49.5 Å². The molecular weight excluding hydrogens is 404 g/mol. The van der Waals surface area contributed by atoms with Gasteiger partial charge in [-0.3, -0.25) is 14.5 Å². The zero-order valence-corrected chi connectivity index (χ0v) is 19.0. The van der Waals surface area contributed by atoms with E-state index in [-0.39, 0.29) is 17.9 Å². The van der Waals surface area contributed by atoms with Gasteiger partial charge in [-0.1, -0.05) is 31.0 Å². The molecule has 3 heterocycles. The van der Waals surface area contributed by atoms with Gasteiger partial charge >= 0.3 is 0 Å². The van der Waals surface area contributed by atoms with Crippen molar-refractivity contribution in [3.05, 3.63) is 36.0 Å². The first-order valence-electron chi connectivity index (χ1n) is 12.1. The number of amides is 2. The number of carbonyl (C=O) groups excluding carboxylic acids is 2. The van der Waals surface area contributed by atoms with E-state index in [0.29, 0.717) is 18.8 Å². The minimum atomic E-state index is -0.903. The van der Waals surface area contributed by atoms with Crippen molar-refractivity contribution in [2.24, 2.45) is 0 Å². The summed E-state index contributed by atoms with van der Waals surface area (Å²) in [6.45, 7) is 7.32. The highest BCUT2D eigenvalue weighted by atomic mass is 16.5. The molecule has 32 heavy (non-hydrogen) atoms. The van der Waals surface area contributed by atoms with Gasteiger partial charge in [0.05, 0.1) is 19.8 Å². The summed E-state index contributed by atoms with van der Waals surface area (Å²) in [5, 5.41) is 4.32. The number of carbonyl (C=O) groups is 2. The number of fused-ring (bicyclic) bond motifs is 3. The van der Waals surface area contributed by atoms with Crippen molar-refractivity contribution >= 4 is 22.7 Å². The Morgan fingerprint density at radius 1 is 1.16 bits per heavy atom. The highest BCUT2D eigenvalue weighted by Gasteiger charge is 2.48. The van der Waals surface area contributed by atoms with Gasteiger partial charge in [-0.25, -0.2) is 0 Å². The molecule has 5 rings (SSSR count). The third-order valence-corrected chi connectivity index (χ3v) is 7.48. The Morgan fingerprint density at radius 2 is 1.91 bits per heavy atom. The molecule has 1 aromatic heterocycles. The largest absolute Gasteiger partial charge is 0.379 e. The molecule has 7 heteroatoms. The Hall–Kier alpha value is -2.38. The molecule has 1 saturated carbocycles. The number of benzene rings is 1. The molecule has 1 atom stereocenters. The van der Waals surface area contributed by atoms with E-state index in [2.05, 4.69) is 10.2 Å². The smallest absolute Gasteiger partial charge is 0.271 e. The van der Waals surface area contributed by atoms with E-state index >= 15 is 0 Å². The van der Waals surface area contributed by atoms with Crippen LogP contribution in [0.5, 0.6) is 0 Å². The van der Waals surface area contributed by atoms with Crippen molar-refractivity contribution in [3.8, 4) is 0 Å². The molecule has 2 aromatic rings. The van der Waals surface area contributed by atoms with Crippen molar-refractivity contribution < 1.29 is 14.3 Å². The van der Waals surface area contributed by atoms with Crippen LogP contribution >= 0.6 is 0 Å². The molecule has 1 unspecified atom stereocenters. The van der Waals surface area contributed by atoms with Crippen LogP contribution in [0.2, 0.25) is 0 Å². The predicted octanol–water partition coefficient (Wildman–Crippen LogP) is 2.64. The van der Waals surface area contributed by atoms with E-state index in [1.165, 1.54) is 0 Å². The van der Waals surface area contributed by atoms with Crippen LogP contribution in [-0.4, -0.2) is 77.2 Å². The van der Waals surface area contributed by atoms with E-state index in [9.17, 15) is 9.59 Å². The molecule has 1 N–H and O–H groups in total. The zero-order chi connectivity index (χ0) is 22.1. The third-order valence-electron chi connectivity index (χ3n) is 7.48. The van der Waals surface area contributed by atoms with Gasteiger partial charge in [-0.2, -0.15) is 0 Å². The normalized spacial score (nSPS) is 24.8. The molecule has 1 aliphatic carbocycles. The molecule has 1 saturated heterocycles. The summed E-state index contributed by atoms with van der Waals surface area (Å²) in [4.78, 5) is 31.6. The average molecular weight is 439 g/mol. The lowest BCUT2D eigenvalue weighted by molar-refractivity contribution is -0.133. The molecule has 1 aromatic carbocycles. The van der Waals surface area contributed by atoms with E-state index in [1.807, 2.05) is 46.7 Å². The summed E-state index contributed by atoms with van der Waals surface area (Å²) in [5.41, 5.74) is 0.798. The minimum absolute atomic E-state index is 0.0208. The number of rotatable bonds is 6. The maximum absolute atomic E-state index is 13.7. The van der Waals surface area contributed by atoms with Gasteiger partial charge in [0.25, 0.3) is 5.91 Å². The minimum Gasteiger partial charge on any atom is -0.379 e. The molecular formula is C25H34N4O3. The van der Waals surface area contributed by atoms with Gasteiger partial charge in [0.2, 0.25) is 5.91 Å². The fraction of sp³-hybridized carbons (Fsp3) is 0.600. The van der Waals surface area contributed by atoms with Crippen LogP contribution in [-0.2, 0) is 16.1 Å². The van der Waals surface area contributed by atoms with Gasteiger partial charge in [0.1, 0.15) is 11.2 Å². The average Bonchev–Trinajstić information content (AvgIpc) is 3.45. The van der Waals surface area contributed by atoms with E-state index in [1.54, 1.807) is 0 Å².